The van der Waals surface area contributed by atoms with Gasteiger partial charge < -0.3 is 9.84 Å². The predicted octanol–water partition coefficient (Wildman–Crippen LogP) is 3.76. The van der Waals surface area contributed by atoms with Crippen LogP contribution in [0.15, 0.2) is 12.1 Å². The summed E-state index contributed by atoms with van der Waals surface area (Å²) in [5.41, 5.74) is 2.65. The van der Waals surface area contributed by atoms with E-state index in [1.54, 1.807) is 0 Å². The first-order valence-corrected chi connectivity index (χ1v) is 11.4. The maximum Gasteiger partial charge on any atom is 0.110 e. The maximum atomic E-state index is 9.08. The van der Waals surface area contributed by atoms with E-state index >= 15 is 0 Å². The molecule has 0 unspecified atom stereocenters. The summed E-state index contributed by atoms with van der Waals surface area (Å²) in [7, 11) is 0. The molecule has 0 amide bonds. The van der Waals surface area contributed by atoms with Crippen molar-refractivity contribution in [3.05, 3.63) is 42.8 Å². The standard InChI is InChI=1S/C21H32N2O2S2/c1-15-13-19(17(3)26-15)21(20-14-16(2)27-18(20)4)25-12-10-23-7-5-22(6-8-23)9-11-24/h13-14,21,24H,5-12H2,1-4H3. The number of aliphatic hydroxyl groups excluding tert-OH is 1. The minimum absolute atomic E-state index is 0.0376. The van der Waals surface area contributed by atoms with E-state index in [1.807, 2.05) is 22.7 Å². The van der Waals surface area contributed by atoms with Gasteiger partial charge in [-0.05, 0) is 51.0 Å². The number of rotatable bonds is 8. The quantitative estimate of drug-likeness (QED) is 0.721. The third kappa shape index (κ3) is 5.40. The van der Waals surface area contributed by atoms with E-state index in [1.165, 1.54) is 30.6 Å². The van der Waals surface area contributed by atoms with E-state index in [0.717, 1.165) is 45.9 Å². The summed E-state index contributed by atoms with van der Waals surface area (Å²) in [6.45, 7) is 15.7. The Bertz CT molecular complexity index is 686. The molecule has 0 spiro atoms. The Morgan fingerprint density at radius 1 is 0.889 bits per heavy atom. The predicted molar refractivity (Wildman–Crippen MR) is 115 cm³/mol. The van der Waals surface area contributed by atoms with E-state index in [9.17, 15) is 0 Å². The Morgan fingerprint density at radius 2 is 1.37 bits per heavy atom. The van der Waals surface area contributed by atoms with Crippen LogP contribution in [0.4, 0.5) is 0 Å². The van der Waals surface area contributed by atoms with Gasteiger partial charge in [-0.25, -0.2) is 0 Å². The van der Waals surface area contributed by atoms with Crippen molar-refractivity contribution in [1.82, 2.24) is 9.80 Å². The van der Waals surface area contributed by atoms with Gasteiger partial charge in [0.1, 0.15) is 6.10 Å². The number of hydrogen-bond donors (Lipinski definition) is 1. The molecule has 0 aliphatic carbocycles. The number of aryl methyl sites for hydroxylation is 4. The average Bonchev–Trinajstić information content (AvgIpc) is 3.14. The summed E-state index contributed by atoms with van der Waals surface area (Å²) in [5.74, 6) is 0. The number of β-amino-alcohol motifs (C(OH)–C–C–N with tert-alkyl or cyclic N) is 1. The summed E-state index contributed by atoms with van der Waals surface area (Å²) in [5, 5.41) is 9.08. The van der Waals surface area contributed by atoms with Crippen LogP contribution < -0.4 is 0 Å². The summed E-state index contributed by atoms with van der Waals surface area (Å²) >= 11 is 3.72. The fourth-order valence-corrected chi connectivity index (χ4v) is 5.75. The lowest BCUT2D eigenvalue weighted by molar-refractivity contribution is 0.0428. The highest BCUT2D eigenvalue weighted by atomic mass is 32.1. The van der Waals surface area contributed by atoms with E-state index in [0.29, 0.717) is 0 Å². The Kier molecular flexibility index (Phi) is 7.48. The number of ether oxygens (including phenoxy) is 1. The van der Waals surface area contributed by atoms with Gasteiger partial charge in [0, 0.05) is 58.8 Å². The molecule has 1 saturated heterocycles. The van der Waals surface area contributed by atoms with E-state index < -0.39 is 0 Å². The summed E-state index contributed by atoms with van der Waals surface area (Å²) in [4.78, 5) is 10.2. The molecule has 27 heavy (non-hydrogen) atoms. The van der Waals surface area contributed by atoms with Crippen LogP contribution in [0.2, 0.25) is 0 Å². The molecule has 1 N–H and O–H groups in total. The third-order valence-corrected chi connectivity index (χ3v) is 7.26. The molecule has 0 atom stereocenters. The zero-order chi connectivity index (χ0) is 19.4. The zero-order valence-electron chi connectivity index (χ0n) is 17.0. The van der Waals surface area contributed by atoms with Crippen molar-refractivity contribution in [3.8, 4) is 0 Å². The highest BCUT2D eigenvalue weighted by molar-refractivity contribution is 7.12. The second-order valence-corrected chi connectivity index (χ2v) is 10.3. The van der Waals surface area contributed by atoms with Crippen molar-refractivity contribution < 1.29 is 9.84 Å². The largest absolute Gasteiger partial charge is 0.395 e. The first-order chi connectivity index (χ1) is 13.0. The normalized spacial score (nSPS) is 16.5. The van der Waals surface area contributed by atoms with Crippen molar-refractivity contribution >= 4 is 22.7 Å². The Labute approximate surface area is 171 Å². The summed E-state index contributed by atoms with van der Waals surface area (Å²) in [6.07, 6.45) is 0.0376. The van der Waals surface area contributed by atoms with Crippen LogP contribution in [0, 0.1) is 27.7 Å². The molecule has 0 radical (unpaired) electrons. The zero-order valence-corrected chi connectivity index (χ0v) is 18.6. The molecule has 3 rings (SSSR count). The lowest BCUT2D eigenvalue weighted by atomic mass is 10.0. The highest BCUT2D eigenvalue weighted by Gasteiger charge is 2.23. The molecule has 0 aromatic carbocycles. The van der Waals surface area contributed by atoms with Crippen molar-refractivity contribution in [2.45, 2.75) is 33.8 Å². The van der Waals surface area contributed by atoms with Crippen LogP contribution in [-0.2, 0) is 4.74 Å². The SMILES string of the molecule is Cc1cc(C(OCCN2CCN(CCO)CC2)c2cc(C)sc2C)c(C)s1. The average molecular weight is 409 g/mol. The van der Waals surface area contributed by atoms with Gasteiger partial charge in [0.2, 0.25) is 0 Å². The number of aliphatic hydroxyl groups is 1. The van der Waals surface area contributed by atoms with Gasteiger partial charge in [0.05, 0.1) is 13.2 Å². The Morgan fingerprint density at radius 3 is 1.78 bits per heavy atom. The van der Waals surface area contributed by atoms with Crippen molar-refractivity contribution in [3.63, 3.8) is 0 Å². The maximum absolute atomic E-state index is 9.08. The van der Waals surface area contributed by atoms with Crippen molar-refractivity contribution in [1.29, 1.82) is 0 Å². The van der Waals surface area contributed by atoms with Gasteiger partial charge in [-0.1, -0.05) is 0 Å². The van der Waals surface area contributed by atoms with Gasteiger partial charge in [0.25, 0.3) is 0 Å². The molecule has 6 heteroatoms. The minimum Gasteiger partial charge on any atom is -0.395 e. The fraction of sp³-hybridized carbons (Fsp3) is 0.619. The summed E-state index contributed by atoms with van der Waals surface area (Å²) in [6, 6.07) is 4.59. The molecule has 1 aliphatic heterocycles. The first-order valence-electron chi connectivity index (χ1n) is 9.79. The van der Waals surface area contributed by atoms with Gasteiger partial charge in [-0.3, -0.25) is 9.80 Å². The molecule has 4 nitrogen and oxygen atoms in total. The highest BCUT2D eigenvalue weighted by Crippen LogP contribution is 2.37. The molecule has 1 aliphatic rings. The second kappa shape index (κ2) is 9.63. The number of nitrogens with zero attached hydrogens (tertiary/aromatic N) is 2. The molecule has 1 fully saturated rings. The number of piperazine rings is 1. The van der Waals surface area contributed by atoms with Crippen molar-refractivity contribution in [2.75, 3.05) is 52.5 Å². The van der Waals surface area contributed by atoms with Crippen LogP contribution in [0.5, 0.6) is 0 Å². The van der Waals surface area contributed by atoms with Gasteiger partial charge in [-0.15, -0.1) is 22.7 Å². The smallest absolute Gasteiger partial charge is 0.110 e. The summed E-state index contributed by atoms with van der Waals surface area (Å²) < 4.78 is 6.50. The molecule has 3 heterocycles. The van der Waals surface area contributed by atoms with Crippen LogP contribution in [0.25, 0.3) is 0 Å². The van der Waals surface area contributed by atoms with Crippen LogP contribution in [0.1, 0.15) is 36.7 Å². The Balaban J connectivity index is 1.63. The second-order valence-electron chi connectivity index (χ2n) is 7.39. The van der Waals surface area contributed by atoms with Crippen LogP contribution >= 0.6 is 22.7 Å². The van der Waals surface area contributed by atoms with Gasteiger partial charge in [0.15, 0.2) is 0 Å². The molecule has 2 aromatic rings. The topological polar surface area (TPSA) is 35.9 Å². The van der Waals surface area contributed by atoms with Crippen LogP contribution in [0.3, 0.4) is 0 Å². The first kappa shape index (κ1) is 21.0. The van der Waals surface area contributed by atoms with Gasteiger partial charge >= 0.3 is 0 Å². The minimum atomic E-state index is 0.0376. The van der Waals surface area contributed by atoms with Crippen molar-refractivity contribution in [2.24, 2.45) is 0 Å². The van der Waals surface area contributed by atoms with E-state index in [-0.39, 0.29) is 12.7 Å². The fourth-order valence-electron chi connectivity index (χ4n) is 3.85. The number of thiophene rings is 2. The molecule has 2 aromatic heterocycles. The lowest BCUT2D eigenvalue weighted by Gasteiger charge is -2.34. The monoisotopic (exact) mass is 408 g/mol. The van der Waals surface area contributed by atoms with Crippen LogP contribution in [-0.4, -0.2) is 67.4 Å². The molecule has 0 bridgehead atoms. The van der Waals surface area contributed by atoms with E-state index in [4.69, 9.17) is 9.84 Å². The third-order valence-electron chi connectivity index (χ3n) is 5.30. The molecule has 150 valence electrons. The number of hydrogen-bond acceptors (Lipinski definition) is 6. The van der Waals surface area contributed by atoms with E-state index in [2.05, 4.69) is 49.6 Å². The molecular weight excluding hydrogens is 376 g/mol. The lowest BCUT2D eigenvalue weighted by Crippen LogP contribution is -2.48. The Hall–Kier alpha value is -0.760. The molecule has 0 saturated carbocycles. The van der Waals surface area contributed by atoms with Gasteiger partial charge in [-0.2, -0.15) is 0 Å². The molecular formula is C21H32N2O2S2.